The van der Waals surface area contributed by atoms with Crippen molar-refractivity contribution in [2.45, 2.75) is 24.7 Å². The van der Waals surface area contributed by atoms with Gasteiger partial charge >= 0.3 is 6.03 Å². The Bertz CT molecular complexity index is 1000. The van der Waals surface area contributed by atoms with Gasteiger partial charge in [-0.3, -0.25) is 4.79 Å². The van der Waals surface area contributed by atoms with Gasteiger partial charge in [0, 0.05) is 30.9 Å². The highest BCUT2D eigenvalue weighted by Crippen LogP contribution is 2.19. The molecular weight excluding hydrogens is 409 g/mol. The van der Waals surface area contributed by atoms with Gasteiger partial charge in [0.05, 0.1) is 4.90 Å². The highest BCUT2D eigenvalue weighted by Gasteiger charge is 2.24. The number of hydrogen-bond donors (Lipinski definition) is 2. The van der Waals surface area contributed by atoms with Crippen LogP contribution in [0.2, 0.25) is 0 Å². The van der Waals surface area contributed by atoms with E-state index >= 15 is 0 Å². The van der Waals surface area contributed by atoms with Gasteiger partial charge in [-0.25, -0.2) is 22.3 Å². The van der Waals surface area contributed by atoms with Crippen molar-refractivity contribution in [2.75, 3.05) is 25.0 Å². The Balaban J connectivity index is 1.47. The molecule has 0 aliphatic carbocycles. The number of nitrogens with zero attached hydrogens (tertiary/aromatic N) is 1. The van der Waals surface area contributed by atoms with E-state index in [-0.39, 0.29) is 35.0 Å². The van der Waals surface area contributed by atoms with Crippen molar-refractivity contribution in [3.8, 4) is 0 Å². The van der Waals surface area contributed by atoms with Crippen molar-refractivity contribution in [3.05, 3.63) is 59.9 Å². The van der Waals surface area contributed by atoms with Crippen LogP contribution in [-0.2, 0) is 10.0 Å². The number of hydrogen-bond acceptors (Lipinski definition) is 4. The second-order valence-electron chi connectivity index (χ2n) is 7.30. The summed E-state index contributed by atoms with van der Waals surface area (Å²) in [5, 5.41) is 2.73. The van der Waals surface area contributed by atoms with Crippen molar-refractivity contribution in [2.24, 2.45) is 5.92 Å². The summed E-state index contributed by atoms with van der Waals surface area (Å²) in [5.74, 6) is -0.376. The number of rotatable bonds is 6. The number of benzene rings is 2. The number of halogens is 1. The zero-order valence-electron chi connectivity index (χ0n) is 16.6. The maximum atomic E-state index is 13.0. The van der Waals surface area contributed by atoms with E-state index in [2.05, 4.69) is 10.0 Å². The fourth-order valence-corrected chi connectivity index (χ4v) is 4.37. The minimum atomic E-state index is -3.66. The van der Waals surface area contributed by atoms with Crippen LogP contribution in [0.25, 0.3) is 0 Å². The second-order valence-corrected chi connectivity index (χ2v) is 9.07. The van der Waals surface area contributed by atoms with Gasteiger partial charge in [0.1, 0.15) is 5.82 Å². The van der Waals surface area contributed by atoms with Crippen molar-refractivity contribution in [1.82, 2.24) is 9.62 Å². The summed E-state index contributed by atoms with van der Waals surface area (Å²) in [4.78, 5) is 25.4. The van der Waals surface area contributed by atoms with E-state index in [4.69, 9.17) is 0 Å². The average Bonchev–Trinajstić information content (AvgIpc) is 2.74. The molecule has 0 spiro atoms. The molecule has 0 radical (unpaired) electrons. The average molecular weight is 434 g/mol. The summed E-state index contributed by atoms with van der Waals surface area (Å²) in [6.07, 6.45) is 1.34. The summed E-state index contributed by atoms with van der Waals surface area (Å²) in [7, 11) is -3.66. The number of likely N-dealkylation sites (tertiary alicyclic amines) is 1. The van der Waals surface area contributed by atoms with Gasteiger partial charge in [0.15, 0.2) is 5.78 Å². The zero-order valence-corrected chi connectivity index (χ0v) is 17.4. The molecule has 0 saturated carbocycles. The van der Waals surface area contributed by atoms with E-state index in [1.54, 1.807) is 4.90 Å². The molecule has 2 N–H and O–H groups in total. The first-order valence-electron chi connectivity index (χ1n) is 9.67. The largest absolute Gasteiger partial charge is 0.325 e. The number of piperidine rings is 1. The maximum absolute atomic E-state index is 13.0. The van der Waals surface area contributed by atoms with Gasteiger partial charge in [-0.15, -0.1) is 0 Å². The third-order valence-electron chi connectivity index (χ3n) is 5.13. The van der Waals surface area contributed by atoms with Crippen LogP contribution in [0.3, 0.4) is 0 Å². The Labute approximate surface area is 175 Å². The highest BCUT2D eigenvalue weighted by molar-refractivity contribution is 7.89. The molecular formula is C21H24FN3O4S. The number of sulfonamides is 1. The predicted octanol–water partition coefficient (Wildman–Crippen LogP) is 3.25. The fourth-order valence-electron chi connectivity index (χ4n) is 3.26. The first kappa shape index (κ1) is 21.9. The zero-order chi connectivity index (χ0) is 21.7. The number of Topliss-reactive ketones (excluding diaryl/α,β-unsaturated/α-hetero) is 1. The summed E-state index contributed by atoms with van der Waals surface area (Å²) in [6.45, 7) is 2.72. The lowest BCUT2D eigenvalue weighted by atomic mass is 9.97. The minimum absolute atomic E-state index is 0.114. The molecule has 0 aromatic heterocycles. The van der Waals surface area contributed by atoms with E-state index < -0.39 is 10.0 Å². The van der Waals surface area contributed by atoms with Crippen LogP contribution >= 0.6 is 0 Å². The van der Waals surface area contributed by atoms with E-state index in [1.807, 2.05) is 0 Å². The first-order chi connectivity index (χ1) is 14.2. The molecule has 0 unspecified atom stereocenters. The molecule has 2 amide bonds. The Morgan fingerprint density at radius 2 is 1.63 bits per heavy atom. The lowest BCUT2D eigenvalue weighted by Gasteiger charge is -2.32. The van der Waals surface area contributed by atoms with Crippen LogP contribution in [0.4, 0.5) is 14.9 Å². The summed E-state index contributed by atoms with van der Waals surface area (Å²) < 4.78 is 40.5. The molecule has 1 saturated heterocycles. The van der Waals surface area contributed by atoms with Gasteiger partial charge in [0.25, 0.3) is 0 Å². The lowest BCUT2D eigenvalue weighted by molar-refractivity contribution is 0.101. The molecule has 9 heteroatoms. The molecule has 0 bridgehead atoms. The lowest BCUT2D eigenvalue weighted by Crippen LogP contribution is -2.43. The Kier molecular flexibility index (Phi) is 6.84. The van der Waals surface area contributed by atoms with Crippen molar-refractivity contribution < 1.29 is 22.4 Å². The van der Waals surface area contributed by atoms with Gasteiger partial charge in [-0.2, -0.15) is 0 Å². The van der Waals surface area contributed by atoms with E-state index in [1.165, 1.54) is 55.5 Å². The van der Waals surface area contributed by atoms with Crippen LogP contribution in [0, 0.1) is 11.7 Å². The van der Waals surface area contributed by atoms with Gasteiger partial charge < -0.3 is 10.2 Å². The van der Waals surface area contributed by atoms with E-state index in [0.717, 1.165) is 0 Å². The number of nitrogens with one attached hydrogen (secondary N) is 2. The Morgan fingerprint density at radius 3 is 2.20 bits per heavy atom. The van der Waals surface area contributed by atoms with Crippen LogP contribution < -0.4 is 10.0 Å². The standard InChI is InChI=1S/C21H24FN3O4S/c1-15(26)17-2-8-20(9-3-17)30(28,29)23-14-16-10-12-25(13-11-16)21(27)24-19-6-4-18(22)5-7-19/h2-9,16,23H,10-14H2,1H3,(H,24,27). The molecule has 1 aliphatic rings. The minimum Gasteiger partial charge on any atom is -0.325 e. The molecule has 2 aromatic rings. The molecule has 7 nitrogen and oxygen atoms in total. The molecule has 160 valence electrons. The van der Waals surface area contributed by atoms with Gasteiger partial charge in [0.2, 0.25) is 10.0 Å². The third kappa shape index (κ3) is 5.64. The Morgan fingerprint density at radius 1 is 1.03 bits per heavy atom. The number of anilines is 1. The van der Waals surface area contributed by atoms with Crippen LogP contribution in [0.5, 0.6) is 0 Å². The van der Waals surface area contributed by atoms with Crippen LogP contribution in [0.1, 0.15) is 30.1 Å². The van der Waals surface area contributed by atoms with Crippen LogP contribution in [-0.4, -0.2) is 44.8 Å². The SMILES string of the molecule is CC(=O)c1ccc(S(=O)(=O)NCC2CCN(C(=O)Nc3ccc(F)cc3)CC2)cc1. The third-order valence-corrected chi connectivity index (χ3v) is 6.57. The normalized spacial score (nSPS) is 15.1. The fraction of sp³-hybridized carbons (Fsp3) is 0.333. The first-order valence-corrected chi connectivity index (χ1v) is 11.1. The molecule has 30 heavy (non-hydrogen) atoms. The molecule has 1 aliphatic heterocycles. The highest BCUT2D eigenvalue weighted by atomic mass is 32.2. The molecule has 1 fully saturated rings. The van der Waals surface area contributed by atoms with Crippen molar-refractivity contribution in [1.29, 1.82) is 0 Å². The number of ketones is 1. The number of carbonyl (C=O) groups is 2. The smallest absolute Gasteiger partial charge is 0.321 e. The number of urea groups is 1. The molecule has 2 aromatic carbocycles. The number of carbonyl (C=O) groups excluding carboxylic acids is 2. The monoisotopic (exact) mass is 433 g/mol. The number of amides is 2. The maximum Gasteiger partial charge on any atom is 0.321 e. The summed E-state index contributed by atoms with van der Waals surface area (Å²) in [6, 6.07) is 11.1. The summed E-state index contributed by atoms with van der Waals surface area (Å²) >= 11 is 0. The second kappa shape index (κ2) is 9.36. The van der Waals surface area contributed by atoms with E-state index in [9.17, 15) is 22.4 Å². The van der Waals surface area contributed by atoms with Gasteiger partial charge in [-0.05, 0) is 62.1 Å². The molecule has 3 rings (SSSR count). The van der Waals surface area contributed by atoms with Crippen molar-refractivity contribution in [3.63, 3.8) is 0 Å². The van der Waals surface area contributed by atoms with Crippen LogP contribution in [0.15, 0.2) is 53.4 Å². The Hall–Kier alpha value is -2.78. The predicted molar refractivity (Wildman–Crippen MR) is 111 cm³/mol. The van der Waals surface area contributed by atoms with Gasteiger partial charge in [-0.1, -0.05) is 12.1 Å². The van der Waals surface area contributed by atoms with E-state index in [0.29, 0.717) is 37.2 Å². The van der Waals surface area contributed by atoms with Crippen molar-refractivity contribution >= 4 is 27.5 Å². The molecule has 0 atom stereocenters. The summed E-state index contributed by atoms with van der Waals surface area (Å²) in [5.41, 5.74) is 0.979. The topological polar surface area (TPSA) is 95.6 Å². The molecule has 1 heterocycles. The quantitative estimate of drug-likeness (QED) is 0.684.